The van der Waals surface area contributed by atoms with E-state index < -0.39 is 0 Å². The number of hydrogen-bond donors (Lipinski definition) is 1. The molecule has 5 nitrogen and oxygen atoms in total. The second-order valence-corrected chi connectivity index (χ2v) is 4.77. The zero-order valence-electron chi connectivity index (χ0n) is 10.1. The summed E-state index contributed by atoms with van der Waals surface area (Å²) in [6.07, 6.45) is 5.53. The third kappa shape index (κ3) is 2.20. The van der Waals surface area contributed by atoms with Crippen LogP contribution in [0.1, 0.15) is 19.3 Å². The van der Waals surface area contributed by atoms with Crippen LogP contribution in [0.25, 0.3) is 0 Å². The largest absolute Gasteiger partial charge is 0.481 e. The Morgan fingerprint density at radius 1 is 1.35 bits per heavy atom. The molecular weight excluding hydrogens is 216 g/mol. The van der Waals surface area contributed by atoms with E-state index in [1.807, 2.05) is 0 Å². The smallest absolute Gasteiger partial charge is 0.228 e. The van der Waals surface area contributed by atoms with E-state index in [9.17, 15) is 0 Å². The number of rotatable bonds is 2. The number of nitrogens with zero attached hydrogens (tertiary/aromatic N) is 3. The maximum absolute atomic E-state index is 5.15. The first-order valence-electron chi connectivity index (χ1n) is 6.23. The van der Waals surface area contributed by atoms with Crippen LogP contribution in [0.5, 0.6) is 5.88 Å². The number of anilines is 1. The molecule has 0 aliphatic carbocycles. The number of hydrogen-bond acceptors (Lipinski definition) is 5. The highest BCUT2D eigenvalue weighted by atomic mass is 16.5. The maximum atomic E-state index is 5.15. The van der Waals surface area contributed by atoms with Gasteiger partial charge in [-0.05, 0) is 19.3 Å². The normalized spacial score (nSPS) is 27.9. The highest BCUT2D eigenvalue weighted by Gasteiger charge is 2.30. The molecule has 2 aliphatic heterocycles. The van der Waals surface area contributed by atoms with Gasteiger partial charge in [-0.2, -0.15) is 4.98 Å². The molecule has 1 N–H and O–H groups in total. The molecule has 2 fully saturated rings. The van der Waals surface area contributed by atoms with Gasteiger partial charge in [0.1, 0.15) is 0 Å². The molecule has 92 valence electrons. The van der Waals surface area contributed by atoms with Gasteiger partial charge in [-0.15, -0.1) is 0 Å². The summed E-state index contributed by atoms with van der Waals surface area (Å²) in [4.78, 5) is 11.0. The minimum absolute atomic E-state index is 0.595. The van der Waals surface area contributed by atoms with Crippen molar-refractivity contribution >= 4 is 5.95 Å². The molecule has 0 amide bonds. The highest BCUT2D eigenvalue weighted by molar-refractivity contribution is 5.33. The number of aromatic nitrogens is 2. The van der Waals surface area contributed by atoms with Crippen LogP contribution in [0.15, 0.2) is 12.3 Å². The van der Waals surface area contributed by atoms with Crippen molar-refractivity contribution in [2.45, 2.75) is 31.3 Å². The van der Waals surface area contributed by atoms with Gasteiger partial charge in [0.15, 0.2) is 0 Å². The molecule has 1 aromatic heterocycles. The number of fused-ring (bicyclic) bond motifs is 2. The fourth-order valence-electron chi connectivity index (χ4n) is 2.72. The molecule has 2 unspecified atom stereocenters. The topological polar surface area (TPSA) is 50.3 Å². The van der Waals surface area contributed by atoms with Crippen molar-refractivity contribution in [2.75, 3.05) is 25.1 Å². The molecule has 2 aliphatic rings. The molecule has 3 rings (SSSR count). The van der Waals surface area contributed by atoms with E-state index in [4.69, 9.17) is 4.74 Å². The monoisotopic (exact) mass is 234 g/mol. The minimum atomic E-state index is 0.595. The van der Waals surface area contributed by atoms with E-state index in [0.29, 0.717) is 18.0 Å². The third-order valence-corrected chi connectivity index (χ3v) is 3.63. The first-order chi connectivity index (χ1) is 8.35. The maximum Gasteiger partial charge on any atom is 0.228 e. The average Bonchev–Trinajstić information content (AvgIpc) is 2.69. The van der Waals surface area contributed by atoms with Gasteiger partial charge in [0.25, 0.3) is 0 Å². The molecule has 2 saturated heterocycles. The third-order valence-electron chi connectivity index (χ3n) is 3.63. The van der Waals surface area contributed by atoms with E-state index in [-0.39, 0.29) is 0 Å². The summed E-state index contributed by atoms with van der Waals surface area (Å²) in [6.45, 7) is 2.03. The Hall–Kier alpha value is -1.36. The molecule has 3 heterocycles. The van der Waals surface area contributed by atoms with E-state index in [1.165, 1.54) is 19.3 Å². The lowest BCUT2D eigenvalue weighted by atomic mass is 10.1. The second-order valence-electron chi connectivity index (χ2n) is 4.77. The fourth-order valence-corrected chi connectivity index (χ4v) is 2.72. The molecular formula is C12H18N4O. The van der Waals surface area contributed by atoms with Gasteiger partial charge in [-0.25, -0.2) is 4.98 Å². The molecule has 0 saturated carbocycles. The van der Waals surface area contributed by atoms with Gasteiger partial charge in [-0.3, -0.25) is 0 Å². The summed E-state index contributed by atoms with van der Waals surface area (Å²) < 4.78 is 5.15. The van der Waals surface area contributed by atoms with Crippen LogP contribution in [0.2, 0.25) is 0 Å². The number of nitrogens with one attached hydrogen (secondary N) is 1. The Balaban J connectivity index is 1.78. The van der Waals surface area contributed by atoms with Gasteiger partial charge < -0.3 is 15.0 Å². The fraction of sp³-hybridized carbons (Fsp3) is 0.667. The lowest BCUT2D eigenvalue weighted by Crippen LogP contribution is -2.36. The molecule has 5 heteroatoms. The molecule has 17 heavy (non-hydrogen) atoms. The van der Waals surface area contributed by atoms with E-state index in [2.05, 4.69) is 20.2 Å². The zero-order valence-corrected chi connectivity index (χ0v) is 10.1. The summed E-state index contributed by atoms with van der Waals surface area (Å²) in [7, 11) is 1.64. The first-order valence-corrected chi connectivity index (χ1v) is 6.23. The van der Waals surface area contributed by atoms with Crippen molar-refractivity contribution < 1.29 is 4.74 Å². The zero-order chi connectivity index (χ0) is 11.7. The SMILES string of the molecule is COc1ccnc(N2CCC3CCC(C2)N3)n1. The predicted octanol–water partition coefficient (Wildman–Crippen LogP) is 0.816. The molecule has 0 radical (unpaired) electrons. The first kappa shape index (κ1) is 10.8. The van der Waals surface area contributed by atoms with E-state index in [0.717, 1.165) is 19.0 Å². The Labute approximate surface area is 101 Å². The van der Waals surface area contributed by atoms with Crippen molar-refractivity contribution in [1.29, 1.82) is 0 Å². The average molecular weight is 234 g/mol. The van der Waals surface area contributed by atoms with Crippen molar-refractivity contribution in [2.24, 2.45) is 0 Å². The molecule has 2 bridgehead atoms. The van der Waals surface area contributed by atoms with Crippen molar-refractivity contribution in [3.63, 3.8) is 0 Å². The van der Waals surface area contributed by atoms with Crippen LogP contribution >= 0.6 is 0 Å². The predicted molar refractivity (Wildman–Crippen MR) is 65.4 cm³/mol. The number of methoxy groups -OCH3 is 1. The van der Waals surface area contributed by atoms with Crippen molar-refractivity contribution in [3.8, 4) is 5.88 Å². The molecule has 0 spiro atoms. The van der Waals surface area contributed by atoms with Crippen LogP contribution < -0.4 is 15.0 Å². The van der Waals surface area contributed by atoms with Crippen LogP contribution in [0.4, 0.5) is 5.95 Å². The molecule has 2 atom stereocenters. The van der Waals surface area contributed by atoms with E-state index in [1.54, 1.807) is 19.4 Å². The Morgan fingerprint density at radius 3 is 3.12 bits per heavy atom. The lowest BCUT2D eigenvalue weighted by Gasteiger charge is -2.24. The summed E-state index contributed by atoms with van der Waals surface area (Å²) in [5, 5.41) is 3.65. The quantitative estimate of drug-likeness (QED) is 0.821. The lowest BCUT2D eigenvalue weighted by molar-refractivity contribution is 0.396. The summed E-state index contributed by atoms with van der Waals surface area (Å²) in [6, 6.07) is 3.07. The van der Waals surface area contributed by atoms with Crippen molar-refractivity contribution in [1.82, 2.24) is 15.3 Å². The highest BCUT2D eigenvalue weighted by Crippen LogP contribution is 2.23. The summed E-state index contributed by atoms with van der Waals surface area (Å²) >= 11 is 0. The Bertz CT molecular complexity index is 398. The van der Waals surface area contributed by atoms with Gasteiger partial charge in [0, 0.05) is 37.4 Å². The van der Waals surface area contributed by atoms with Gasteiger partial charge >= 0.3 is 0 Å². The van der Waals surface area contributed by atoms with Crippen LogP contribution in [0, 0.1) is 0 Å². The van der Waals surface area contributed by atoms with Crippen LogP contribution in [0.3, 0.4) is 0 Å². The Morgan fingerprint density at radius 2 is 2.24 bits per heavy atom. The number of ether oxygens (including phenoxy) is 1. The molecule has 0 aromatic carbocycles. The van der Waals surface area contributed by atoms with E-state index >= 15 is 0 Å². The van der Waals surface area contributed by atoms with Crippen LogP contribution in [-0.2, 0) is 0 Å². The summed E-state index contributed by atoms with van der Waals surface area (Å²) in [5.74, 6) is 1.43. The van der Waals surface area contributed by atoms with Gasteiger partial charge in [0.05, 0.1) is 7.11 Å². The second kappa shape index (κ2) is 4.49. The minimum Gasteiger partial charge on any atom is -0.481 e. The van der Waals surface area contributed by atoms with Gasteiger partial charge in [0.2, 0.25) is 11.8 Å². The standard InChI is InChI=1S/C12H18N4O/c1-17-11-4-6-13-12(15-11)16-7-5-9-2-3-10(8-16)14-9/h4,6,9-10,14H,2-3,5,7-8H2,1H3. The Kier molecular flexibility index (Phi) is 2.84. The van der Waals surface area contributed by atoms with Gasteiger partial charge in [-0.1, -0.05) is 0 Å². The summed E-state index contributed by atoms with van der Waals surface area (Å²) in [5.41, 5.74) is 0. The molecule has 1 aromatic rings. The van der Waals surface area contributed by atoms with Crippen LogP contribution in [-0.4, -0.2) is 42.3 Å². The van der Waals surface area contributed by atoms with Crippen molar-refractivity contribution in [3.05, 3.63) is 12.3 Å².